The Kier molecular flexibility index (Phi) is 3.93. The molecule has 1 aliphatic heterocycles. The van der Waals surface area contributed by atoms with Gasteiger partial charge >= 0.3 is 0 Å². The van der Waals surface area contributed by atoms with Gasteiger partial charge in [0.1, 0.15) is 5.82 Å². The van der Waals surface area contributed by atoms with Crippen molar-refractivity contribution in [3.63, 3.8) is 0 Å². The Hall–Kier alpha value is -1.62. The zero-order valence-corrected chi connectivity index (χ0v) is 9.99. The number of pyridine rings is 1. The highest BCUT2D eigenvalue weighted by Crippen LogP contribution is 2.07. The van der Waals surface area contributed by atoms with Gasteiger partial charge in [-0.15, -0.1) is 0 Å². The molecule has 0 saturated carbocycles. The van der Waals surface area contributed by atoms with Crippen LogP contribution in [0.5, 0.6) is 0 Å². The molecule has 1 aliphatic rings. The normalized spacial score (nSPS) is 16.5. The summed E-state index contributed by atoms with van der Waals surface area (Å²) in [5, 5.41) is 9.23. The average Bonchev–Trinajstić information content (AvgIpc) is 2.40. The Morgan fingerprint density at radius 1 is 1.41 bits per heavy atom. The highest BCUT2D eigenvalue weighted by atomic mass is 16.1. The van der Waals surface area contributed by atoms with Crippen molar-refractivity contribution in [1.82, 2.24) is 15.6 Å². The van der Waals surface area contributed by atoms with Crippen LogP contribution in [0.1, 0.15) is 23.2 Å². The Balaban J connectivity index is 1.93. The molecule has 2 heterocycles. The Labute approximate surface area is 101 Å². The van der Waals surface area contributed by atoms with E-state index in [9.17, 15) is 4.79 Å². The number of carbonyl (C=O) groups is 1. The first kappa shape index (κ1) is 11.9. The van der Waals surface area contributed by atoms with Crippen LogP contribution in [0.4, 0.5) is 5.82 Å². The topological polar surface area (TPSA) is 66.1 Å². The number of rotatable bonds is 3. The van der Waals surface area contributed by atoms with Gasteiger partial charge in [-0.25, -0.2) is 4.98 Å². The summed E-state index contributed by atoms with van der Waals surface area (Å²) in [5.41, 5.74) is 0.613. The molecule has 2 rings (SSSR count). The van der Waals surface area contributed by atoms with Gasteiger partial charge in [0.05, 0.1) is 5.56 Å². The maximum Gasteiger partial charge on any atom is 0.253 e. The highest BCUT2D eigenvalue weighted by molar-refractivity contribution is 5.94. The van der Waals surface area contributed by atoms with Gasteiger partial charge in [0.15, 0.2) is 0 Å². The number of hydrogen-bond donors (Lipinski definition) is 3. The first-order chi connectivity index (χ1) is 8.29. The minimum atomic E-state index is -0.0351. The summed E-state index contributed by atoms with van der Waals surface area (Å²) in [6, 6.07) is 3.87. The number of hydrogen-bond acceptors (Lipinski definition) is 4. The molecule has 5 nitrogen and oxygen atoms in total. The van der Waals surface area contributed by atoms with Gasteiger partial charge < -0.3 is 16.0 Å². The van der Waals surface area contributed by atoms with Crippen molar-refractivity contribution in [3.8, 4) is 0 Å². The van der Waals surface area contributed by atoms with Crippen molar-refractivity contribution < 1.29 is 4.79 Å². The van der Waals surface area contributed by atoms with E-state index >= 15 is 0 Å². The van der Waals surface area contributed by atoms with Crippen LogP contribution >= 0.6 is 0 Å². The van der Waals surface area contributed by atoms with Crippen LogP contribution in [0.3, 0.4) is 0 Å². The molecule has 1 saturated heterocycles. The maximum absolute atomic E-state index is 11.9. The Morgan fingerprint density at radius 3 is 2.76 bits per heavy atom. The fourth-order valence-electron chi connectivity index (χ4n) is 1.91. The second kappa shape index (κ2) is 5.63. The molecule has 0 radical (unpaired) electrons. The molecule has 1 aromatic heterocycles. The van der Waals surface area contributed by atoms with Crippen LogP contribution < -0.4 is 16.0 Å². The van der Waals surface area contributed by atoms with Gasteiger partial charge in [-0.05, 0) is 38.1 Å². The van der Waals surface area contributed by atoms with Gasteiger partial charge in [-0.3, -0.25) is 4.79 Å². The van der Waals surface area contributed by atoms with Crippen molar-refractivity contribution in [2.75, 3.05) is 25.5 Å². The van der Waals surface area contributed by atoms with Gasteiger partial charge in [-0.1, -0.05) is 0 Å². The SMILES string of the molecule is CNc1ccc(C(=O)NC2CCNCC2)cn1. The number of anilines is 1. The standard InChI is InChI=1S/C12H18N4O/c1-13-11-3-2-9(8-15-11)12(17)16-10-4-6-14-7-5-10/h2-3,8,10,14H,4-7H2,1H3,(H,13,15)(H,16,17). The Bertz CT molecular complexity index is 371. The smallest absolute Gasteiger partial charge is 0.253 e. The minimum absolute atomic E-state index is 0.0351. The van der Waals surface area contributed by atoms with Gasteiger partial charge in [-0.2, -0.15) is 0 Å². The van der Waals surface area contributed by atoms with Crippen molar-refractivity contribution >= 4 is 11.7 Å². The third kappa shape index (κ3) is 3.17. The summed E-state index contributed by atoms with van der Waals surface area (Å²) >= 11 is 0. The second-order valence-corrected chi connectivity index (χ2v) is 4.18. The number of nitrogens with zero attached hydrogens (tertiary/aromatic N) is 1. The lowest BCUT2D eigenvalue weighted by Gasteiger charge is -2.23. The first-order valence-electron chi connectivity index (χ1n) is 5.95. The molecule has 92 valence electrons. The van der Waals surface area contributed by atoms with E-state index < -0.39 is 0 Å². The zero-order valence-electron chi connectivity index (χ0n) is 9.99. The summed E-state index contributed by atoms with van der Waals surface area (Å²) in [7, 11) is 1.80. The molecule has 1 amide bonds. The predicted molar refractivity (Wildman–Crippen MR) is 67.1 cm³/mol. The third-order valence-electron chi connectivity index (χ3n) is 2.96. The van der Waals surface area contributed by atoms with Crippen molar-refractivity contribution in [3.05, 3.63) is 23.9 Å². The lowest BCUT2D eigenvalue weighted by molar-refractivity contribution is 0.0929. The molecule has 17 heavy (non-hydrogen) atoms. The van der Waals surface area contributed by atoms with Crippen molar-refractivity contribution in [2.45, 2.75) is 18.9 Å². The maximum atomic E-state index is 11.9. The average molecular weight is 234 g/mol. The van der Waals surface area contributed by atoms with Gasteiger partial charge in [0, 0.05) is 19.3 Å². The molecule has 0 spiro atoms. The number of amides is 1. The van der Waals surface area contributed by atoms with E-state index in [4.69, 9.17) is 0 Å². The van der Waals surface area contributed by atoms with E-state index in [-0.39, 0.29) is 11.9 Å². The predicted octanol–water partition coefficient (Wildman–Crippen LogP) is 0.605. The largest absolute Gasteiger partial charge is 0.373 e. The van der Waals surface area contributed by atoms with E-state index in [1.165, 1.54) is 0 Å². The third-order valence-corrected chi connectivity index (χ3v) is 2.96. The van der Waals surface area contributed by atoms with Crippen LogP contribution in [0, 0.1) is 0 Å². The molecule has 3 N–H and O–H groups in total. The van der Waals surface area contributed by atoms with E-state index in [1.807, 2.05) is 0 Å². The summed E-state index contributed by atoms with van der Waals surface area (Å²) < 4.78 is 0. The molecule has 0 bridgehead atoms. The van der Waals surface area contributed by atoms with Crippen LogP contribution in [0.25, 0.3) is 0 Å². The first-order valence-corrected chi connectivity index (χ1v) is 5.95. The number of piperidine rings is 1. The van der Waals surface area contributed by atoms with Gasteiger partial charge in [0.2, 0.25) is 0 Å². The number of aromatic nitrogens is 1. The minimum Gasteiger partial charge on any atom is -0.373 e. The second-order valence-electron chi connectivity index (χ2n) is 4.18. The van der Waals surface area contributed by atoms with E-state index in [0.717, 1.165) is 31.7 Å². The quantitative estimate of drug-likeness (QED) is 0.716. The monoisotopic (exact) mass is 234 g/mol. The molecule has 1 aromatic rings. The highest BCUT2D eigenvalue weighted by Gasteiger charge is 2.16. The summed E-state index contributed by atoms with van der Waals surface area (Å²) in [5.74, 6) is 0.732. The summed E-state index contributed by atoms with van der Waals surface area (Å²) in [6.45, 7) is 1.95. The van der Waals surface area contributed by atoms with Crippen molar-refractivity contribution in [2.24, 2.45) is 0 Å². The van der Waals surface area contributed by atoms with E-state index in [2.05, 4.69) is 20.9 Å². The molecular formula is C12H18N4O. The molecule has 1 fully saturated rings. The fraction of sp³-hybridized carbons (Fsp3) is 0.500. The lowest BCUT2D eigenvalue weighted by atomic mass is 10.1. The van der Waals surface area contributed by atoms with E-state index in [0.29, 0.717) is 5.56 Å². The summed E-state index contributed by atoms with van der Waals surface area (Å²) in [4.78, 5) is 16.0. The van der Waals surface area contributed by atoms with Crippen LogP contribution in [-0.4, -0.2) is 37.1 Å². The zero-order chi connectivity index (χ0) is 12.1. The molecule has 0 aliphatic carbocycles. The molecule has 0 unspecified atom stereocenters. The van der Waals surface area contributed by atoms with Crippen LogP contribution in [-0.2, 0) is 0 Å². The van der Waals surface area contributed by atoms with Crippen LogP contribution in [0.2, 0.25) is 0 Å². The van der Waals surface area contributed by atoms with E-state index in [1.54, 1.807) is 25.4 Å². The van der Waals surface area contributed by atoms with Crippen molar-refractivity contribution in [1.29, 1.82) is 0 Å². The van der Waals surface area contributed by atoms with Crippen LogP contribution in [0.15, 0.2) is 18.3 Å². The molecule has 0 atom stereocenters. The lowest BCUT2D eigenvalue weighted by Crippen LogP contribution is -2.42. The molecular weight excluding hydrogens is 216 g/mol. The number of carbonyl (C=O) groups excluding carboxylic acids is 1. The Morgan fingerprint density at radius 2 is 2.18 bits per heavy atom. The summed E-state index contributed by atoms with van der Waals surface area (Å²) in [6.07, 6.45) is 3.59. The fourth-order valence-corrected chi connectivity index (χ4v) is 1.91. The molecule has 0 aromatic carbocycles. The number of nitrogens with one attached hydrogen (secondary N) is 3. The molecule has 5 heteroatoms. The van der Waals surface area contributed by atoms with Gasteiger partial charge in [0.25, 0.3) is 5.91 Å².